The van der Waals surface area contributed by atoms with E-state index in [1.807, 2.05) is 0 Å². The van der Waals surface area contributed by atoms with Crippen LogP contribution in [0.4, 0.5) is 0 Å². The molecule has 0 spiro atoms. The first kappa shape index (κ1) is 11.6. The van der Waals surface area contributed by atoms with E-state index in [2.05, 4.69) is 31.5 Å². The molecule has 0 aromatic heterocycles. The summed E-state index contributed by atoms with van der Waals surface area (Å²) in [5, 5.41) is 0. The first-order chi connectivity index (χ1) is 5.54. The molecule has 12 heavy (non-hydrogen) atoms. The van der Waals surface area contributed by atoms with Gasteiger partial charge < -0.3 is 5.53 Å². The second-order valence-corrected chi connectivity index (χ2v) is 9.74. The van der Waals surface area contributed by atoms with Gasteiger partial charge in [-0.15, -0.1) is 0 Å². The van der Waals surface area contributed by atoms with Crippen LogP contribution in [0.15, 0.2) is 0 Å². The Morgan fingerprint density at radius 2 is 1.92 bits per heavy atom. The molecule has 70 valence electrons. The van der Waals surface area contributed by atoms with Crippen LogP contribution in [0.1, 0.15) is 26.2 Å². The minimum atomic E-state index is -0.694. The van der Waals surface area contributed by atoms with Crippen LogP contribution in [-0.2, 0) is 0 Å². The smallest absolute Gasteiger partial charge is 0.245 e. The predicted molar refractivity (Wildman–Crippen MR) is 56.3 cm³/mol. The standard InChI is InChI=1S/C8H18Si.CH2N2/c1-8-6-4-5-7-9(8,2)3;1-3-2/h8H,4-7H2,1-3H3;1H2. The minimum Gasteiger partial charge on any atom is -0.362 e. The predicted octanol–water partition coefficient (Wildman–Crippen LogP) is 3.19. The highest BCUT2D eigenvalue weighted by molar-refractivity contribution is 6.78. The lowest BCUT2D eigenvalue weighted by atomic mass is 10.2. The molecule has 3 heteroatoms. The highest BCUT2D eigenvalue weighted by atomic mass is 28.3. The molecule has 0 bridgehead atoms. The second kappa shape index (κ2) is 5.28. The summed E-state index contributed by atoms with van der Waals surface area (Å²) in [5.41, 5.74) is 8.17. The van der Waals surface area contributed by atoms with Gasteiger partial charge in [0.1, 0.15) is 0 Å². The van der Waals surface area contributed by atoms with E-state index in [0.29, 0.717) is 0 Å². The number of hydrogen-bond acceptors (Lipinski definition) is 0. The lowest BCUT2D eigenvalue weighted by Crippen LogP contribution is -2.33. The van der Waals surface area contributed by atoms with E-state index >= 15 is 0 Å². The molecule has 1 aliphatic rings. The van der Waals surface area contributed by atoms with Crippen molar-refractivity contribution < 1.29 is 4.79 Å². The van der Waals surface area contributed by atoms with Gasteiger partial charge in [-0.2, -0.15) is 4.79 Å². The molecule has 0 radical (unpaired) electrons. The van der Waals surface area contributed by atoms with Gasteiger partial charge in [-0.25, -0.2) is 0 Å². The first-order valence-corrected chi connectivity index (χ1v) is 7.93. The summed E-state index contributed by atoms with van der Waals surface area (Å²) in [4.78, 5) is 2.25. The summed E-state index contributed by atoms with van der Waals surface area (Å²) in [6.45, 7) is 10.2. The van der Waals surface area contributed by atoms with Gasteiger partial charge in [0.25, 0.3) is 0 Å². The zero-order chi connectivity index (χ0) is 9.61. The second-order valence-electron chi connectivity index (χ2n) is 4.28. The van der Waals surface area contributed by atoms with Gasteiger partial charge >= 0.3 is 0 Å². The Morgan fingerprint density at radius 3 is 2.17 bits per heavy atom. The van der Waals surface area contributed by atoms with Crippen LogP contribution in [-0.4, -0.2) is 19.6 Å². The highest BCUT2D eigenvalue weighted by Crippen LogP contribution is 2.36. The monoisotopic (exact) mass is 184 g/mol. The number of rotatable bonds is 0. The van der Waals surface area contributed by atoms with Gasteiger partial charge in [0.15, 0.2) is 0 Å². The van der Waals surface area contributed by atoms with E-state index in [0.717, 1.165) is 5.54 Å². The van der Waals surface area contributed by atoms with Crippen molar-refractivity contribution in [3.63, 3.8) is 0 Å². The van der Waals surface area contributed by atoms with Crippen molar-refractivity contribution in [3.05, 3.63) is 5.53 Å². The topological polar surface area (TPSA) is 36.4 Å². The lowest BCUT2D eigenvalue weighted by molar-refractivity contribution is 0.0110. The van der Waals surface area contributed by atoms with E-state index in [1.165, 1.54) is 19.3 Å². The van der Waals surface area contributed by atoms with Gasteiger partial charge in [-0.05, 0) is 5.54 Å². The average molecular weight is 184 g/mol. The molecule has 1 rings (SSSR count). The summed E-state index contributed by atoms with van der Waals surface area (Å²) < 4.78 is 0. The third-order valence-electron chi connectivity index (χ3n) is 3.04. The molecule has 0 amide bonds. The maximum absolute atomic E-state index is 7.08. The maximum Gasteiger partial charge on any atom is 0.245 e. The minimum absolute atomic E-state index is 0.694. The zero-order valence-electron chi connectivity index (χ0n) is 8.51. The molecule has 0 aromatic carbocycles. The summed E-state index contributed by atoms with van der Waals surface area (Å²) in [6.07, 6.45) is 4.53. The zero-order valence-corrected chi connectivity index (χ0v) is 9.51. The van der Waals surface area contributed by atoms with E-state index in [-0.39, 0.29) is 0 Å². The van der Waals surface area contributed by atoms with Crippen LogP contribution in [0, 0.1) is 0 Å². The SMILES string of the molecule is C=[N+]=[N-].CC1CCCC[Si]1(C)C. The quantitative estimate of drug-likeness (QED) is 0.240. The largest absolute Gasteiger partial charge is 0.362 e. The Kier molecular flexibility index (Phi) is 5.10. The average Bonchev–Trinajstić information content (AvgIpc) is 1.97. The maximum atomic E-state index is 7.08. The van der Waals surface area contributed by atoms with Crippen molar-refractivity contribution in [1.82, 2.24) is 0 Å². The van der Waals surface area contributed by atoms with Crippen LogP contribution >= 0.6 is 0 Å². The Labute approximate surface area is 76.6 Å². The van der Waals surface area contributed by atoms with Crippen molar-refractivity contribution in [2.24, 2.45) is 0 Å². The molecule has 0 N–H and O–H groups in total. The molecule has 1 atom stereocenters. The third kappa shape index (κ3) is 3.84. The molecule has 2 nitrogen and oxygen atoms in total. The van der Waals surface area contributed by atoms with Gasteiger partial charge in [-0.3, -0.25) is 0 Å². The Bertz CT molecular complexity index is 160. The first-order valence-electron chi connectivity index (χ1n) is 4.64. The number of nitrogens with zero attached hydrogens (tertiary/aromatic N) is 2. The van der Waals surface area contributed by atoms with E-state index in [1.54, 1.807) is 6.04 Å². The van der Waals surface area contributed by atoms with Gasteiger partial charge in [0.2, 0.25) is 6.72 Å². The molecule has 0 aliphatic carbocycles. The number of hydrogen-bond donors (Lipinski definition) is 0. The summed E-state index contributed by atoms with van der Waals surface area (Å²) in [5.74, 6) is 0. The molecule has 1 heterocycles. The Morgan fingerprint density at radius 1 is 1.42 bits per heavy atom. The van der Waals surface area contributed by atoms with Crippen LogP contribution in [0.2, 0.25) is 24.7 Å². The lowest BCUT2D eigenvalue weighted by Gasteiger charge is -2.34. The van der Waals surface area contributed by atoms with Crippen LogP contribution < -0.4 is 0 Å². The summed E-state index contributed by atoms with van der Waals surface area (Å²) in [6, 6.07) is 1.58. The van der Waals surface area contributed by atoms with Crippen molar-refractivity contribution in [3.8, 4) is 0 Å². The Hall–Kier alpha value is -0.403. The van der Waals surface area contributed by atoms with E-state index < -0.39 is 8.07 Å². The fourth-order valence-corrected chi connectivity index (χ4v) is 4.31. The molecular weight excluding hydrogens is 164 g/mol. The normalized spacial score (nSPS) is 26.4. The molecule has 1 aliphatic heterocycles. The molecule has 1 unspecified atom stereocenters. The van der Waals surface area contributed by atoms with Gasteiger partial charge in [0, 0.05) is 0 Å². The van der Waals surface area contributed by atoms with Gasteiger partial charge in [-0.1, -0.05) is 45.3 Å². The van der Waals surface area contributed by atoms with Crippen molar-refractivity contribution in [2.45, 2.75) is 50.9 Å². The molecular formula is C9H20N2Si. The molecule has 1 fully saturated rings. The van der Waals surface area contributed by atoms with E-state index in [9.17, 15) is 0 Å². The summed E-state index contributed by atoms with van der Waals surface area (Å²) in [7, 11) is -0.694. The van der Waals surface area contributed by atoms with Crippen LogP contribution in [0.25, 0.3) is 5.53 Å². The van der Waals surface area contributed by atoms with Gasteiger partial charge in [0.05, 0.1) is 8.07 Å². The third-order valence-corrected chi connectivity index (χ3v) is 7.64. The van der Waals surface area contributed by atoms with Crippen LogP contribution in [0.5, 0.6) is 0 Å². The Balaban J connectivity index is 0.000000354. The van der Waals surface area contributed by atoms with Crippen molar-refractivity contribution in [1.29, 1.82) is 0 Å². The highest BCUT2D eigenvalue weighted by Gasteiger charge is 2.30. The fourth-order valence-electron chi connectivity index (χ4n) is 1.67. The van der Waals surface area contributed by atoms with Crippen LogP contribution in [0.3, 0.4) is 0 Å². The molecule has 1 saturated heterocycles. The van der Waals surface area contributed by atoms with Crippen molar-refractivity contribution in [2.75, 3.05) is 0 Å². The molecule has 0 aromatic rings. The fraction of sp³-hybridized carbons (Fsp3) is 0.889. The van der Waals surface area contributed by atoms with Crippen molar-refractivity contribution >= 4 is 14.8 Å². The molecule has 0 saturated carbocycles. The summed E-state index contributed by atoms with van der Waals surface area (Å²) >= 11 is 0. The van der Waals surface area contributed by atoms with E-state index in [4.69, 9.17) is 5.53 Å².